The summed E-state index contributed by atoms with van der Waals surface area (Å²) in [4.78, 5) is 4.14. The number of halogens is 1. The lowest BCUT2D eigenvalue weighted by atomic mass is 9.88. The topological polar surface area (TPSA) is 22.1 Å². The van der Waals surface area contributed by atoms with E-state index in [2.05, 4.69) is 29.3 Å². The summed E-state index contributed by atoms with van der Waals surface area (Å²) in [5.74, 6) is 0.177. The van der Waals surface area contributed by atoms with E-state index >= 15 is 0 Å². The molecule has 1 aromatic heterocycles. The molecule has 0 unspecified atom stereocenters. The Morgan fingerprint density at radius 1 is 1.11 bits per heavy atom. The number of hydrogen-bond acceptors (Lipinski definition) is 2. The number of hydrogen-bond donors (Lipinski definition) is 0. The monoisotopic (exact) mass is 271 g/mol. The van der Waals surface area contributed by atoms with E-state index < -0.39 is 0 Å². The predicted octanol–water partition coefficient (Wildman–Crippen LogP) is 4.15. The van der Waals surface area contributed by atoms with Gasteiger partial charge < -0.3 is 4.74 Å². The molecule has 2 atom stereocenters. The van der Waals surface area contributed by atoms with Crippen LogP contribution in [0.5, 0.6) is 0 Å². The van der Waals surface area contributed by atoms with Crippen molar-refractivity contribution in [3.8, 4) is 0 Å². The van der Waals surface area contributed by atoms with Crippen molar-refractivity contribution in [1.82, 2.24) is 4.98 Å². The van der Waals surface area contributed by atoms with Crippen LogP contribution in [0.2, 0.25) is 5.15 Å². The van der Waals surface area contributed by atoms with E-state index in [1.165, 1.54) is 5.56 Å². The second-order valence-corrected chi connectivity index (χ2v) is 4.86. The molecule has 2 nitrogen and oxygen atoms in total. The molecular formula is C16H14ClNO. The third kappa shape index (κ3) is 2.55. The Hall–Kier alpha value is -1.64. The molecule has 0 N–H and O–H groups in total. The zero-order valence-corrected chi connectivity index (χ0v) is 11.1. The van der Waals surface area contributed by atoms with Crippen molar-refractivity contribution >= 4 is 11.6 Å². The maximum absolute atomic E-state index is 6.20. The van der Waals surface area contributed by atoms with Crippen LogP contribution < -0.4 is 0 Å². The molecule has 1 aromatic carbocycles. The standard InChI is InChI=1S/C16H14ClNO/c17-16-14(8-4-10-18-16)15-13(9-5-11-19-15)12-6-2-1-3-7-12/h1-10,13,15H,11H2/t13-,15+/m0/s1. The first kappa shape index (κ1) is 12.4. The molecule has 0 saturated heterocycles. The minimum Gasteiger partial charge on any atom is -0.368 e. The van der Waals surface area contributed by atoms with Gasteiger partial charge in [-0.1, -0.05) is 60.2 Å². The Bertz CT molecular complexity index is 582. The smallest absolute Gasteiger partial charge is 0.134 e. The first-order chi connectivity index (χ1) is 9.36. The van der Waals surface area contributed by atoms with E-state index in [1.54, 1.807) is 6.20 Å². The molecule has 96 valence electrons. The van der Waals surface area contributed by atoms with Gasteiger partial charge in [0.25, 0.3) is 0 Å². The lowest BCUT2D eigenvalue weighted by Gasteiger charge is -2.29. The van der Waals surface area contributed by atoms with Crippen LogP contribution in [0.15, 0.2) is 60.8 Å². The van der Waals surface area contributed by atoms with Crippen LogP contribution >= 0.6 is 11.6 Å². The molecule has 0 saturated carbocycles. The Labute approximate surface area is 117 Å². The van der Waals surface area contributed by atoms with Crippen LogP contribution in [-0.2, 0) is 4.74 Å². The highest BCUT2D eigenvalue weighted by atomic mass is 35.5. The summed E-state index contributed by atoms with van der Waals surface area (Å²) in [5.41, 5.74) is 2.17. The van der Waals surface area contributed by atoms with Crippen molar-refractivity contribution in [3.05, 3.63) is 77.1 Å². The number of ether oxygens (including phenoxy) is 1. The second kappa shape index (κ2) is 5.55. The van der Waals surface area contributed by atoms with Gasteiger partial charge in [-0.25, -0.2) is 4.98 Å². The molecule has 0 bridgehead atoms. The summed E-state index contributed by atoms with van der Waals surface area (Å²) in [6, 6.07) is 14.2. The third-order valence-corrected chi connectivity index (χ3v) is 3.64. The average molecular weight is 272 g/mol. The number of rotatable bonds is 2. The van der Waals surface area contributed by atoms with E-state index in [1.807, 2.05) is 30.3 Å². The fourth-order valence-electron chi connectivity index (χ4n) is 2.42. The molecule has 0 amide bonds. The Morgan fingerprint density at radius 2 is 1.95 bits per heavy atom. The number of pyridine rings is 1. The quantitative estimate of drug-likeness (QED) is 0.605. The fraction of sp³-hybridized carbons (Fsp3) is 0.188. The van der Waals surface area contributed by atoms with Gasteiger partial charge in [0, 0.05) is 17.7 Å². The van der Waals surface area contributed by atoms with Gasteiger partial charge in [0.15, 0.2) is 0 Å². The van der Waals surface area contributed by atoms with Gasteiger partial charge in [-0.05, 0) is 11.6 Å². The van der Waals surface area contributed by atoms with Gasteiger partial charge in [-0.2, -0.15) is 0 Å². The molecule has 2 heterocycles. The lowest BCUT2D eigenvalue weighted by molar-refractivity contribution is 0.0535. The first-order valence-corrected chi connectivity index (χ1v) is 6.67. The summed E-state index contributed by atoms with van der Waals surface area (Å²) < 4.78 is 5.90. The normalized spacial score (nSPS) is 22.4. The van der Waals surface area contributed by atoms with Crippen molar-refractivity contribution < 1.29 is 4.74 Å². The number of nitrogens with zero attached hydrogens (tertiary/aromatic N) is 1. The van der Waals surface area contributed by atoms with E-state index in [9.17, 15) is 0 Å². The molecule has 1 aliphatic heterocycles. The molecule has 2 aromatic rings. The Morgan fingerprint density at radius 3 is 2.74 bits per heavy atom. The van der Waals surface area contributed by atoms with Gasteiger partial charge >= 0.3 is 0 Å². The molecule has 1 aliphatic rings. The Balaban J connectivity index is 2.00. The molecule has 0 aliphatic carbocycles. The molecular weight excluding hydrogens is 258 g/mol. The molecule has 3 rings (SSSR count). The van der Waals surface area contributed by atoms with Crippen molar-refractivity contribution in [1.29, 1.82) is 0 Å². The van der Waals surface area contributed by atoms with Gasteiger partial charge in [0.1, 0.15) is 5.15 Å². The zero-order chi connectivity index (χ0) is 13.1. The van der Waals surface area contributed by atoms with Gasteiger partial charge in [0.05, 0.1) is 12.7 Å². The fourth-order valence-corrected chi connectivity index (χ4v) is 2.65. The maximum Gasteiger partial charge on any atom is 0.134 e. The van der Waals surface area contributed by atoms with Gasteiger partial charge in [-0.15, -0.1) is 0 Å². The van der Waals surface area contributed by atoms with Crippen molar-refractivity contribution in [3.63, 3.8) is 0 Å². The predicted molar refractivity (Wildman–Crippen MR) is 76.3 cm³/mol. The molecule has 3 heteroatoms. The van der Waals surface area contributed by atoms with E-state index in [0.29, 0.717) is 11.8 Å². The van der Waals surface area contributed by atoms with Gasteiger partial charge in [0.2, 0.25) is 0 Å². The summed E-state index contributed by atoms with van der Waals surface area (Å²) in [6.45, 7) is 0.610. The summed E-state index contributed by atoms with van der Waals surface area (Å²) in [6.07, 6.45) is 5.86. The van der Waals surface area contributed by atoms with E-state index in [-0.39, 0.29) is 12.0 Å². The van der Waals surface area contributed by atoms with Crippen LogP contribution in [0.4, 0.5) is 0 Å². The van der Waals surface area contributed by atoms with Crippen LogP contribution in [0.3, 0.4) is 0 Å². The lowest BCUT2D eigenvalue weighted by Crippen LogP contribution is -2.18. The molecule has 0 spiro atoms. The highest BCUT2D eigenvalue weighted by Gasteiger charge is 2.27. The highest BCUT2D eigenvalue weighted by molar-refractivity contribution is 6.30. The number of aromatic nitrogens is 1. The Kier molecular flexibility index (Phi) is 3.62. The van der Waals surface area contributed by atoms with Crippen LogP contribution in [0, 0.1) is 0 Å². The van der Waals surface area contributed by atoms with Crippen molar-refractivity contribution in [2.24, 2.45) is 0 Å². The van der Waals surface area contributed by atoms with E-state index in [4.69, 9.17) is 16.3 Å². The van der Waals surface area contributed by atoms with Crippen LogP contribution in [-0.4, -0.2) is 11.6 Å². The summed E-state index contributed by atoms with van der Waals surface area (Å²) in [7, 11) is 0. The maximum atomic E-state index is 6.20. The minimum atomic E-state index is -0.0754. The molecule has 0 fully saturated rings. The minimum absolute atomic E-state index is 0.0754. The zero-order valence-electron chi connectivity index (χ0n) is 10.4. The van der Waals surface area contributed by atoms with Crippen molar-refractivity contribution in [2.75, 3.05) is 6.61 Å². The number of benzene rings is 1. The second-order valence-electron chi connectivity index (χ2n) is 4.50. The summed E-state index contributed by atoms with van der Waals surface area (Å²) in [5, 5.41) is 0.517. The third-order valence-electron chi connectivity index (χ3n) is 3.32. The average Bonchev–Trinajstić information content (AvgIpc) is 2.49. The largest absolute Gasteiger partial charge is 0.368 e. The van der Waals surface area contributed by atoms with Gasteiger partial charge in [-0.3, -0.25) is 0 Å². The highest BCUT2D eigenvalue weighted by Crippen LogP contribution is 2.39. The van der Waals surface area contributed by atoms with Crippen LogP contribution in [0.25, 0.3) is 0 Å². The van der Waals surface area contributed by atoms with Crippen LogP contribution in [0.1, 0.15) is 23.1 Å². The van der Waals surface area contributed by atoms with E-state index in [0.717, 1.165) is 5.56 Å². The van der Waals surface area contributed by atoms with Crippen molar-refractivity contribution in [2.45, 2.75) is 12.0 Å². The SMILES string of the molecule is Clc1ncccc1[C@@H]1OCC=C[C@H]1c1ccccc1. The molecule has 19 heavy (non-hydrogen) atoms. The summed E-state index contributed by atoms with van der Waals surface area (Å²) >= 11 is 6.20. The molecule has 0 radical (unpaired) electrons. The first-order valence-electron chi connectivity index (χ1n) is 6.30.